The second-order valence-corrected chi connectivity index (χ2v) is 9.31. The number of alkyl halides is 3. The molecule has 1 atom stereocenters. The lowest BCUT2D eigenvalue weighted by Crippen LogP contribution is -2.31. The molecule has 11 heteroatoms. The smallest absolute Gasteiger partial charge is 0.406 e. The highest BCUT2D eigenvalue weighted by molar-refractivity contribution is 6.30. The van der Waals surface area contributed by atoms with Gasteiger partial charge in [0.1, 0.15) is 5.75 Å². The lowest BCUT2D eigenvalue weighted by atomic mass is 10.0. The van der Waals surface area contributed by atoms with Crippen LogP contribution in [0, 0.1) is 17.2 Å². The van der Waals surface area contributed by atoms with Crippen LogP contribution in [0.4, 0.5) is 13.2 Å². The maximum Gasteiger partial charge on any atom is 0.573 e. The maximum absolute atomic E-state index is 13.7. The number of hydrogen-bond acceptors (Lipinski definition) is 5. The van der Waals surface area contributed by atoms with Gasteiger partial charge in [0.15, 0.2) is 0 Å². The Kier molecular flexibility index (Phi) is 6.63. The molecule has 0 saturated carbocycles. The maximum atomic E-state index is 13.7. The Labute approximate surface area is 220 Å². The Bertz CT molecular complexity index is 1610. The lowest BCUT2D eigenvalue weighted by molar-refractivity contribution is -0.274. The fourth-order valence-corrected chi connectivity index (χ4v) is 4.80. The Hall–Kier alpha value is -4.23. The van der Waals surface area contributed by atoms with Gasteiger partial charge < -0.3 is 9.64 Å². The average Bonchev–Trinajstić information content (AvgIpc) is 3.61. The first-order valence-electron chi connectivity index (χ1n) is 11.7. The molecule has 1 aliphatic carbocycles. The minimum atomic E-state index is -4.81. The molecule has 7 nitrogen and oxygen atoms in total. The van der Waals surface area contributed by atoms with E-state index in [9.17, 15) is 18.0 Å². The second kappa shape index (κ2) is 9.91. The molecule has 0 amide bonds. The van der Waals surface area contributed by atoms with Gasteiger partial charge in [-0.2, -0.15) is 5.26 Å². The average molecular weight is 540 g/mol. The van der Waals surface area contributed by atoms with E-state index >= 15 is 0 Å². The van der Waals surface area contributed by atoms with Crippen LogP contribution in [0.1, 0.15) is 12.8 Å². The van der Waals surface area contributed by atoms with E-state index in [-0.39, 0.29) is 23.9 Å². The van der Waals surface area contributed by atoms with Crippen molar-refractivity contribution in [3.8, 4) is 17.5 Å². The summed E-state index contributed by atoms with van der Waals surface area (Å²) in [5.41, 5.74) is 3.99. The fraction of sp³-hybridized carbons (Fsp3) is 0.222. The molecule has 3 heterocycles. The Morgan fingerprint density at radius 3 is 2.68 bits per heavy atom. The Morgan fingerprint density at radius 2 is 2.00 bits per heavy atom. The van der Waals surface area contributed by atoms with Crippen molar-refractivity contribution in [1.29, 1.82) is 5.26 Å². The first kappa shape index (κ1) is 25.4. The SMILES string of the molecule is C=C(Cl)/C=C1/C=C(Cn2c(=O)n(-c3ccc(OC(F)(F)F)cc3)c3ccncc32)N(CCCC#N)C2=C[C@H]21. The molecule has 38 heavy (non-hydrogen) atoms. The number of unbranched alkanes of at least 4 members (excludes halogenated alkanes) is 1. The van der Waals surface area contributed by atoms with E-state index in [1.54, 1.807) is 29.1 Å². The molecule has 0 spiro atoms. The zero-order valence-electron chi connectivity index (χ0n) is 20.0. The van der Waals surface area contributed by atoms with Crippen LogP contribution in [-0.2, 0) is 6.54 Å². The molecule has 5 rings (SSSR count). The number of ether oxygens (including phenoxy) is 1. The summed E-state index contributed by atoms with van der Waals surface area (Å²) in [5.74, 6) is -0.263. The van der Waals surface area contributed by atoms with Crippen molar-refractivity contribution in [2.24, 2.45) is 5.92 Å². The molecule has 0 fully saturated rings. The molecular weight excluding hydrogens is 519 g/mol. The molecule has 0 saturated heterocycles. The zero-order chi connectivity index (χ0) is 27.0. The molecule has 0 bridgehead atoms. The van der Waals surface area contributed by atoms with E-state index in [0.717, 1.165) is 29.1 Å². The summed E-state index contributed by atoms with van der Waals surface area (Å²) in [5, 5.41) is 9.40. The minimum absolute atomic E-state index is 0.119. The van der Waals surface area contributed by atoms with Gasteiger partial charge in [-0.15, -0.1) is 13.2 Å². The fourth-order valence-electron chi connectivity index (χ4n) is 4.67. The predicted octanol–water partition coefficient (Wildman–Crippen LogP) is 5.78. The number of allylic oxidation sites excluding steroid dienone is 6. The normalized spacial score (nSPS) is 17.6. The highest BCUT2D eigenvalue weighted by Crippen LogP contribution is 2.46. The van der Waals surface area contributed by atoms with Crippen molar-refractivity contribution in [2.45, 2.75) is 25.7 Å². The first-order chi connectivity index (χ1) is 18.2. The van der Waals surface area contributed by atoms with Gasteiger partial charge in [0, 0.05) is 41.5 Å². The van der Waals surface area contributed by atoms with Crippen molar-refractivity contribution < 1.29 is 17.9 Å². The van der Waals surface area contributed by atoms with Crippen molar-refractivity contribution in [3.05, 3.63) is 100 Å². The summed E-state index contributed by atoms with van der Waals surface area (Å²) >= 11 is 6.05. The number of halogens is 4. The van der Waals surface area contributed by atoms with Gasteiger partial charge >= 0.3 is 12.1 Å². The second-order valence-electron chi connectivity index (χ2n) is 8.82. The molecule has 0 radical (unpaired) electrons. The van der Waals surface area contributed by atoms with E-state index < -0.39 is 6.36 Å². The van der Waals surface area contributed by atoms with E-state index in [4.69, 9.17) is 16.9 Å². The standard InChI is InChI=1S/C27H21ClF3N5O2/c1-17(28)12-18-13-20(34(11-3-2-9-32)24-14-22(18)24)16-35-25-15-33-10-8-23(25)36(26(35)37)19-4-6-21(7-5-19)38-27(29,30)31/h4-8,10,12-15,22H,1-3,11,16H2/b18-12-/t22-/m0/s1. The molecule has 0 N–H and O–H groups in total. The number of nitrogens with zero attached hydrogens (tertiary/aromatic N) is 5. The van der Waals surface area contributed by atoms with Crippen LogP contribution in [0.3, 0.4) is 0 Å². The Morgan fingerprint density at radius 1 is 1.24 bits per heavy atom. The number of pyridine rings is 1. The third-order valence-electron chi connectivity index (χ3n) is 6.27. The van der Waals surface area contributed by atoms with Crippen molar-refractivity contribution >= 4 is 22.6 Å². The van der Waals surface area contributed by atoms with Gasteiger partial charge in [-0.3, -0.25) is 14.1 Å². The summed E-state index contributed by atoms with van der Waals surface area (Å²) in [6.45, 7) is 4.57. The molecule has 1 aliphatic heterocycles. The van der Waals surface area contributed by atoms with Crippen LogP contribution in [-0.4, -0.2) is 31.9 Å². The number of rotatable bonds is 8. The zero-order valence-corrected chi connectivity index (χ0v) is 20.7. The number of fused-ring (bicyclic) bond motifs is 2. The summed E-state index contributed by atoms with van der Waals surface area (Å²) in [6.07, 6.45) is 5.24. The summed E-state index contributed by atoms with van der Waals surface area (Å²) in [6, 6.07) is 8.96. The topological polar surface area (TPSA) is 76.1 Å². The summed E-state index contributed by atoms with van der Waals surface area (Å²) in [7, 11) is 0. The molecule has 1 aromatic carbocycles. The highest BCUT2D eigenvalue weighted by atomic mass is 35.5. The number of benzene rings is 1. The number of nitriles is 1. The third-order valence-corrected chi connectivity index (χ3v) is 6.38. The number of imidazole rings is 1. The lowest BCUT2D eigenvalue weighted by Gasteiger charge is -2.30. The molecule has 2 aromatic heterocycles. The van der Waals surface area contributed by atoms with Gasteiger partial charge in [-0.25, -0.2) is 4.79 Å². The minimum Gasteiger partial charge on any atom is -0.406 e. The van der Waals surface area contributed by atoms with Crippen molar-refractivity contribution in [3.63, 3.8) is 0 Å². The number of hydrogen-bond donors (Lipinski definition) is 0. The van der Waals surface area contributed by atoms with E-state index in [1.165, 1.54) is 16.7 Å². The van der Waals surface area contributed by atoms with E-state index in [2.05, 4.69) is 33.3 Å². The van der Waals surface area contributed by atoms with Crippen molar-refractivity contribution in [1.82, 2.24) is 19.0 Å². The summed E-state index contributed by atoms with van der Waals surface area (Å²) < 4.78 is 44.7. The Balaban J connectivity index is 1.55. The molecule has 3 aromatic rings. The van der Waals surface area contributed by atoms with Crippen LogP contribution < -0.4 is 10.4 Å². The largest absolute Gasteiger partial charge is 0.573 e. The summed E-state index contributed by atoms with van der Waals surface area (Å²) in [4.78, 5) is 20.0. The van der Waals surface area contributed by atoms with Crippen LogP contribution in [0.5, 0.6) is 5.75 Å². The molecule has 194 valence electrons. The van der Waals surface area contributed by atoms with Crippen LogP contribution in [0.2, 0.25) is 0 Å². The van der Waals surface area contributed by atoms with E-state index in [1.807, 2.05) is 6.08 Å². The van der Waals surface area contributed by atoms with Gasteiger partial charge in [-0.1, -0.05) is 24.3 Å². The first-order valence-corrected chi connectivity index (χ1v) is 12.1. The van der Waals surface area contributed by atoms with Crippen LogP contribution in [0.25, 0.3) is 16.7 Å². The molecular formula is C27H21ClF3N5O2. The van der Waals surface area contributed by atoms with Crippen LogP contribution >= 0.6 is 11.6 Å². The van der Waals surface area contributed by atoms with Crippen molar-refractivity contribution in [2.75, 3.05) is 6.54 Å². The quantitative estimate of drug-likeness (QED) is 0.339. The number of aromatic nitrogens is 3. The van der Waals surface area contributed by atoms with E-state index in [0.29, 0.717) is 41.1 Å². The van der Waals surface area contributed by atoms with Gasteiger partial charge in [0.25, 0.3) is 0 Å². The third kappa shape index (κ3) is 5.10. The highest BCUT2D eigenvalue weighted by Gasteiger charge is 2.38. The molecule has 2 aliphatic rings. The monoisotopic (exact) mass is 539 g/mol. The van der Waals surface area contributed by atoms with Gasteiger partial charge in [-0.05, 0) is 54.5 Å². The predicted molar refractivity (Wildman–Crippen MR) is 136 cm³/mol. The molecule has 0 unspecified atom stereocenters. The van der Waals surface area contributed by atoms with Crippen LogP contribution in [0.15, 0.2) is 94.3 Å². The van der Waals surface area contributed by atoms with Gasteiger partial charge in [0.2, 0.25) is 0 Å². The van der Waals surface area contributed by atoms with Gasteiger partial charge in [0.05, 0.1) is 35.5 Å².